The van der Waals surface area contributed by atoms with E-state index in [1.165, 1.54) is 0 Å². The fourth-order valence-electron chi connectivity index (χ4n) is 2.14. The van der Waals surface area contributed by atoms with Gasteiger partial charge in [-0.1, -0.05) is 19.1 Å². The van der Waals surface area contributed by atoms with Gasteiger partial charge < -0.3 is 14.4 Å². The normalized spacial score (nSPS) is 21.3. The fraction of sp³-hybridized carbons (Fsp3) is 0.571. The number of phenols is 1. The fourth-order valence-corrected chi connectivity index (χ4v) is 2.14. The van der Waals surface area contributed by atoms with E-state index in [4.69, 9.17) is 9.31 Å². The summed E-state index contributed by atoms with van der Waals surface area (Å²) in [6, 6.07) is 5.53. The van der Waals surface area contributed by atoms with Gasteiger partial charge in [0.2, 0.25) is 0 Å². The first-order valence-electron chi connectivity index (χ1n) is 6.45. The first-order chi connectivity index (χ1) is 8.28. The van der Waals surface area contributed by atoms with Crippen LogP contribution in [0.1, 0.15) is 40.2 Å². The van der Waals surface area contributed by atoms with Gasteiger partial charge in [-0.15, -0.1) is 0 Å². The highest BCUT2D eigenvalue weighted by molar-refractivity contribution is 6.63. The van der Waals surface area contributed by atoms with Gasteiger partial charge in [0.25, 0.3) is 0 Å². The summed E-state index contributed by atoms with van der Waals surface area (Å²) >= 11 is 0. The molecule has 1 aromatic carbocycles. The number of rotatable bonds is 2. The molecule has 0 saturated carbocycles. The molecule has 0 unspecified atom stereocenters. The third-order valence-corrected chi connectivity index (χ3v) is 4.04. The summed E-state index contributed by atoms with van der Waals surface area (Å²) in [5, 5.41) is 10.1. The van der Waals surface area contributed by atoms with E-state index in [1.807, 2.05) is 39.8 Å². The van der Waals surface area contributed by atoms with E-state index in [0.717, 1.165) is 17.4 Å². The van der Waals surface area contributed by atoms with Gasteiger partial charge >= 0.3 is 7.12 Å². The van der Waals surface area contributed by atoms with Gasteiger partial charge in [0.05, 0.1) is 11.2 Å². The molecule has 0 amide bonds. The Morgan fingerprint density at radius 1 is 1.11 bits per heavy atom. The minimum absolute atomic E-state index is 0.243. The zero-order chi connectivity index (χ0) is 13.6. The Balaban J connectivity index is 2.41. The van der Waals surface area contributed by atoms with E-state index in [9.17, 15) is 5.11 Å². The maximum atomic E-state index is 10.1. The zero-order valence-corrected chi connectivity index (χ0v) is 11.8. The van der Waals surface area contributed by atoms with Crippen molar-refractivity contribution >= 4 is 12.6 Å². The highest BCUT2D eigenvalue weighted by atomic mass is 16.7. The number of aryl methyl sites for hydroxylation is 1. The van der Waals surface area contributed by atoms with Crippen molar-refractivity contribution in [2.45, 2.75) is 52.2 Å². The van der Waals surface area contributed by atoms with Crippen LogP contribution in [0.15, 0.2) is 18.2 Å². The van der Waals surface area contributed by atoms with Crippen LogP contribution >= 0.6 is 0 Å². The van der Waals surface area contributed by atoms with Gasteiger partial charge in [0.1, 0.15) is 5.75 Å². The van der Waals surface area contributed by atoms with Crippen molar-refractivity contribution < 1.29 is 14.4 Å². The van der Waals surface area contributed by atoms with Crippen molar-refractivity contribution in [3.8, 4) is 5.75 Å². The summed E-state index contributed by atoms with van der Waals surface area (Å²) in [4.78, 5) is 0. The molecule has 1 heterocycles. The molecule has 0 bridgehead atoms. The second-order valence-electron chi connectivity index (χ2n) is 5.79. The molecule has 1 aliphatic rings. The van der Waals surface area contributed by atoms with E-state index in [1.54, 1.807) is 6.07 Å². The van der Waals surface area contributed by atoms with Crippen molar-refractivity contribution in [1.29, 1.82) is 0 Å². The molecule has 1 aromatic rings. The second-order valence-corrected chi connectivity index (χ2v) is 5.79. The predicted molar refractivity (Wildman–Crippen MR) is 73.2 cm³/mol. The van der Waals surface area contributed by atoms with Crippen molar-refractivity contribution in [1.82, 2.24) is 0 Å². The van der Waals surface area contributed by atoms with Gasteiger partial charge in [-0.2, -0.15) is 0 Å². The number of phenolic OH excluding ortho intramolecular Hbond substituents is 1. The molecule has 0 aliphatic carbocycles. The van der Waals surface area contributed by atoms with E-state index in [-0.39, 0.29) is 17.0 Å². The Morgan fingerprint density at radius 2 is 1.67 bits per heavy atom. The molecule has 1 aliphatic heterocycles. The summed E-state index contributed by atoms with van der Waals surface area (Å²) in [5.41, 5.74) is 1.06. The first kappa shape index (κ1) is 13.4. The lowest BCUT2D eigenvalue weighted by Gasteiger charge is -2.32. The second kappa shape index (κ2) is 4.28. The lowest BCUT2D eigenvalue weighted by Crippen LogP contribution is -2.41. The SMILES string of the molecule is CCc1cccc(O)c1B1OC(C)(C)C(C)(C)O1. The summed E-state index contributed by atoms with van der Waals surface area (Å²) in [6.07, 6.45) is 0.841. The minimum atomic E-state index is -0.494. The Morgan fingerprint density at radius 3 is 2.17 bits per heavy atom. The van der Waals surface area contributed by atoms with Crippen LogP contribution in [0.5, 0.6) is 5.75 Å². The van der Waals surface area contributed by atoms with Crippen LogP contribution in [0.4, 0.5) is 0 Å². The molecule has 98 valence electrons. The topological polar surface area (TPSA) is 38.7 Å². The molecule has 2 rings (SSSR count). The zero-order valence-electron chi connectivity index (χ0n) is 11.8. The maximum Gasteiger partial charge on any atom is 0.498 e. The molecule has 1 fully saturated rings. The summed E-state index contributed by atoms with van der Waals surface area (Å²) in [5.74, 6) is 0.243. The number of hydrogen-bond donors (Lipinski definition) is 1. The molecule has 4 heteroatoms. The predicted octanol–water partition coefficient (Wildman–Crippen LogP) is 2.25. The quantitative estimate of drug-likeness (QED) is 0.816. The van der Waals surface area contributed by atoms with Gasteiger partial charge in [0, 0.05) is 5.46 Å². The highest BCUT2D eigenvalue weighted by Crippen LogP contribution is 2.37. The molecular formula is C14H21BO3. The van der Waals surface area contributed by atoms with Crippen LogP contribution in [0.2, 0.25) is 0 Å². The average Bonchev–Trinajstić information content (AvgIpc) is 2.47. The molecule has 0 spiro atoms. The molecule has 0 atom stereocenters. The summed E-state index contributed by atoms with van der Waals surface area (Å²) in [7, 11) is -0.494. The third kappa shape index (κ3) is 2.04. The minimum Gasteiger partial charge on any atom is -0.508 e. The molecule has 1 saturated heterocycles. The molecule has 0 aromatic heterocycles. The highest BCUT2D eigenvalue weighted by Gasteiger charge is 2.52. The Bertz CT molecular complexity index is 438. The lowest BCUT2D eigenvalue weighted by molar-refractivity contribution is 0.00578. The standard InChI is InChI=1S/C14H21BO3/c1-6-10-8-7-9-11(16)12(10)15-17-13(2,3)14(4,5)18-15/h7-9,16H,6H2,1-5H3. The smallest absolute Gasteiger partial charge is 0.498 e. The first-order valence-corrected chi connectivity index (χ1v) is 6.45. The van der Waals surface area contributed by atoms with Crippen molar-refractivity contribution in [3.05, 3.63) is 23.8 Å². The van der Waals surface area contributed by atoms with Crippen molar-refractivity contribution in [3.63, 3.8) is 0 Å². The van der Waals surface area contributed by atoms with Crippen LogP contribution < -0.4 is 5.46 Å². The third-order valence-electron chi connectivity index (χ3n) is 4.04. The summed E-state index contributed by atoms with van der Waals surface area (Å²) < 4.78 is 12.0. The van der Waals surface area contributed by atoms with Crippen LogP contribution in [-0.2, 0) is 15.7 Å². The van der Waals surface area contributed by atoms with Gasteiger partial charge in [-0.05, 0) is 45.7 Å². The van der Waals surface area contributed by atoms with Crippen LogP contribution in [0.3, 0.4) is 0 Å². The van der Waals surface area contributed by atoms with Crippen LogP contribution in [-0.4, -0.2) is 23.4 Å². The van der Waals surface area contributed by atoms with E-state index >= 15 is 0 Å². The molecule has 3 nitrogen and oxygen atoms in total. The number of benzene rings is 1. The molecule has 18 heavy (non-hydrogen) atoms. The van der Waals surface area contributed by atoms with Gasteiger partial charge in [-0.25, -0.2) is 0 Å². The monoisotopic (exact) mass is 248 g/mol. The molecular weight excluding hydrogens is 227 g/mol. The van der Waals surface area contributed by atoms with Crippen molar-refractivity contribution in [2.75, 3.05) is 0 Å². The molecule has 0 radical (unpaired) electrons. The Labute approximate surface area is 109 Å². The van der Waals surface area contributed by atoms with Crippen molar-refractivity contribution in [2.24, 2.45) is 0 Å². The number of aromatic hydroxyl groups is 1. The van der Waals surface area contributed by atoms with E-state index in [0.29, 0.717) is 0 Å². The largest absolute Gasteiger partial charge is 0.508 e. The van der Waals surface area contributed by atoms with Crippen LogP contribution in [0, 0.1) is 0 Å². The Hall–Kier alpha value is -0.995. The van der Waals surface area contributed by atoms with E-state index < -0.39 is 7.12 Å². The Kier molecular flexibility index (Phi) is 3.20. The number of hydrogen-bond acceptors (Lipinski definition) is 3. The maximum absolute atomic E-state index is 10.1. The average molecular weight is 248 g/mol. The van der Waals surface area contributed by atoms with Gasteiger partial charge in [-0.3, -0.25) is 0 Å². The summed E-state index contributed by atoms with van der Waals surface area (Å²) in [6.45, 7) is 10.1. The van der Waals surface area contributed by atoms with E-state index in [2.05, 4.69) is 6.92 Å². The lowest BCUT2D eigenvalue weighted by atomic mass is 9.74. The van der Waals surface area contributed by atoms with Gasteiger partial charge in [0.15, 0.2) is 0 Å². The van der Waals surface area contributed by atoms with Crippen LogP contribution in [0.25, 0.3) is 0 Å². The molecule has 1 N–H and O–H groups in total.